The summed E-state index contributed by atoms with van der Waals surface area (Å²) >= 11 is 12.2. The maximum absolute atomic E-state index is 6.26. The number of aryl methyl sites for hydroxylation is 3. The zero-order chi connectivity index (χ0) is 15.0. The van der Waals surface area contributed by atoms with Crippen LogP contribution in [-0.4, -0.2) is 16.1 Å². The topological polar surface area (TPSA) is 29.9 Å². The first-order valence-electron chi connectivity index (χ1n) is 7.27. The second-order valence-corrected chi connectivity index (χ2v) is 6.41. The zero-order valence-electron chi connectivity index (χ0n) is 12.3. The van der Waals surface area contributed by atoms with Gasteiger partial charge in [-0.15, -0.1) is 0 Å². The average Bonchev–Trinajstić information content (AvgIpc) is 2.74. The van der Waals surface area contributed by atoms with E-state index in [0.717, 1.165) is 48.0 Å². The van der Waals surface area contributed by atoms with Crippen LogP contribution in [-0.2, 0) is 13.0 Å². The van der Waals surface area contributed by atoms with Crippen molar-refractivity contribution in [3.63, 3.8) is 0 Å². The molecule has 5 heteroatoms. The average molecular weight is 324 g/mol. The van der Waals surface area contributed by atoms with Gasteiger partial charge < -0.3 is 9.88 Å². The van der Waals surface area contributed by atoms with Crippen molar-refractivity contribution in [2.75, 3.05) is 6.54 Å². The van der Waals surface area contributed by atoms with Crippen LogP contribution in [0.15, 0.2) is 18.2 Å². The molecule has 0 amide bonds. The Hall–Kier alpha value is -1.03. The molecule has 1 aromatic heterocycles. The first-order chi connectivity index (χ1) is 10.1. The van der Waals surface area contributed by atoms with Crippen molar-refractivity contribution >= 4 is 23.2 Å². The molecule has 0 bridgehead atoms. The van der Waals surface area contributed by atoms with Gasteiger partial charge in [-0.3, -0.25) is 0 Å². The second-order valence-electron chi connectivity index (χ2n) is 5.56. The van der Waals surface area contributed by atoms with Gasteiger partial charge >= 0.3 is 0 Å². The van der Waals surface area contributed by atoms with Crippen LogP contribution < -0.4 is 5.32 Å². The van der Waals surface area contributed by atoms with Gasteiger partial charge in [-0.2, -0.15) is 0 Å². The Kier molecular flexibility index (Phi) is 4.25. The van der Waals surface area contributed by atoms with Crippen LogP contribution in [0.3, 0.4) is 0 Å². The molecule has 112 valence electrons. The van der Waals surface area contributed by atoms with Crippen LogP contribution in [0.4, 0.5) is 0 Å². The summed E-state index contributed by atoms with van der Waals surface area (Å²) < 4.78 is 2.33. The highest BCUT2D eigenvalue weighted by molar-refractivity contribution is 6.35. The van der Waals surface area contributed by atoms with E-state index in [1.54, 1.807) is 0 Å². The quantitative estimate of drug-likeness (QED) is 0.922. The molecule has 0 unspecified atom stereocenters. The molecule has 1 aliphatic heterocycles. The summed E-state index contributed by atoms with van der Waals surface area (Å²) in [4.78, 5) is 4.61. The van der Waals surface area contributed by atoms with E-state index >= 15 is 0 Å². The predicted molar refractivity (Wildman–Crippen MR) is 87.2 cm³/mol. The molecule has 21 heavy (non-hydrogen) atoms. The van der Waals surface area contributed by atoms with Gasteiger partial charge in [0.15, 0.2) is 0 Å². The summed E-state index contributed by atoms with van der Waals surface area (Å²) in [5.74, 6) is 1.11. The van der Waals surface area contributed by atoms with Crippen molar-refractivity contribution in [2.45, 2.75) is 39.3 Å². The molecule has 2 heterocycles. The van der Waals surface area contributed by atoms with E-state index in [-0.39, 0.29) is 0 Å². The van der Waals surface area contributed by atoms with E-state index in [4.69, 9.17) is 23.2 Å². The highest BCUT2D eigenvalue weighted by Gasteiger charge is 2.24. The molecule has 0 fully saturated rings. The summed E-state index contributed by atoms with van der Waals surface area (Å²) in [5, 5.41) is 5.03. The van der Waals surface area contributed by atoms with E-state index < -0.39 is 0 Å². The maximum atomic E-state index is 6.26. The molecule has 0 radical (unpaired) electrons. The van der Waals surface area contributed by atoms with E-state index in [0.29, 0.717) is 11.1 Å². The van der Waals surface area contributed by atoms with Crippen LogP contribution in [0.5, 0.6) is 0 Å². The summed E-state index contributed by atoms with van der Waals surface area (Å²) in [6, 6.07) is 6.07. The van der Waals surface area contributed by atoms with Crippen molar-refractivity contribution in [1.29, 1.82) is 0 Å². The number of imidazole rings is 1. The Labute approximate surface area is 135 Å². The van der Waals surface area contributed by atoms with E-state index in [9.17, 15) is 0 Å². The minimum absolute atomic E-state index is 0.340. The van der Waals surface area contributed by atoms with E-state index in [1.807, 2.05) is 18.2 Å². The van der Waals surface area contributed by atoms with Gasteiger partial charge in [-0.05, 0) is 44.4 Å². The highest BCUT2D eigenvalue weighted by Crippen LogP contribution is 2.28. The maximum Gasteiger partial charge on any atom is 0.106 e. The fraction of sp³-hybridized carbons (Fsp3) is 0.438. The van der Waals surface area contributed by atoms with Crippen molar-refractivity contribution < 1.29 is 0 Å². The molecule has 0 saturated carbocycles. The van der Waals surface area contributed by atoms with Crippen LogP contribution in [0.1, 0.15) is 35.2 Å². The lowest BCUT2D eigenvalue weighted by Crippen LogP contribution is -2.34. The largest absolute Gasteiger partial charge is 0.329 e. The number of aromatic nitrogens is 2. The minimum atomic E-state index is 0.340. The van der Waals surface area contributed by atoms with Gasteiger partial charge in [-0.25, -0.2) is 4.98 Å². The molecule has 1 N–H and O–H groups in total. The number of hydrogen-bond donors (Lipinski definition) is 1. The molecule has 1 atom stereocenters. The van der Waals surface area contributed by atoms with E-state index in [1.165, 1.54) is 5.69 Å². The molecule has 1 aromatic carbocycles. The van der Waals surface area contributed by atoms with Gasteiger partial charge in [-0.1, -0.05) is 29.3 Å². The SMILES string of the molecule is Cc1nc(C)n2c1[C@H](CCc1ccc(Cl)cc1Cl)NCC2. The van der Waals surface area contributed by atoms with Crippen molar-refractivity contribution in [2.24, 2.45) is 0 Å². The van der Waals surface area contributed by atoms with Crippen LogP contribution in [0.25, 0.3) is 0 Å². The zero-order valence-corrected chi connectivity index (χ0v) is 13.8. The Bertz CT molecular complexity index is 664. The third-order valence-electron chi connectivity index (χ3n) is 4.16. The molecule has 1 aliphatic rings. The van der Waals surface area contributed by atoms with Gasteiger partial charge in [0.1, 0.15) is 5.82 Å². The molecule has 0 saturated heterocycles. The second kappa shape index (κ2) is 5.99. The van der Waals surface area contributed by atoms with Crippen LogP contribution >= 0.6 is 23.2 Å². The summed E-state index contributed by atoms with van der Waals surface area (Å²) in [5.41, 5.74) is 3.60. The third kappa shape index (κ3) is 2.96. The predicted octanol–water partition coefficient (Wildman–Crippen LogP) is 4.08. The lowest BCUT2D eigenvalue weighted by Gasteiger charge is -2.27. The monoisotopic (exact) mass is 323 g/mol. The minimum Gasteiger partial charge on any atom is -0.329 e. The fourth-order valence-corrected chi connectivity index (χ4v) is 3.67. The molecule has 2 aromatic rings. The van der Waals surface area contributed by atoms with Gasteiger partial charge in [0, 0.05) is 29.2 Å². The lowest BCUT2D eigenvalue weighted by atomic mass is 10.0. The number of nitrogens with one attached hydrogen (secondary N) is 1. The summed E-state index contributed by atoms with van der Waals surface area (Å²) in [6.07, 6.45) is 1.94. The highest BCUT2D eigenvalue weighted by atomic mass is 35.5. The Morgan fingerprint density at radius 1 is 1.33 bits per heavy atom. The molecule has 0 aliphatic carbocycles. The fourth-order valence-electron chi connectivity index (χ4n) is 3.16. The van der Waals surface area contributed by atoms with E-state index in [2.05, 4.69) is 28.7 Å². The number of nitrogens with zero attached hydrogens (tertiary/aromatic N) is 2. The number of rotatable bonds is 3. The third-order valence-corrected chi connectivity index (χ3v) is 4.74. The smallest absolute Gasteiger partial charge is 0.106 e. The molecule has 0 spiro atoms. The molecular formula is C16H19Cl2N3. The van der Waals surface area contributed by atoms with Crippen molar-refractivity contribution in [3.05, 3.63) is 51.0 Å². The number of halogens is 2. The van der Waals surface area contributed by atoms with Crippen molar-refractivity contribution in [1.82, 2.24) is 14.9 Å². The standard InChI is InChI=1S/C16H19Cl2N3/c1-10-16-15(19-7-8-21(16)11(2)20-10)6-4-12-3-5-13(17)9-14(12)18/h3,5,9,15,19H,4,6-8H2,1-2H3/t15-/m0/s1. The van der Waals surface area contributed by atoms with Crippen molar-refractivity contribution in [3.8, 4) is 0 Å². The van der Waals surface area contributed by atoms with Crippen LogP contribution in [0.2, 0.25) is 10.0 Å². The van der Waals surface area contributed by atoms with Gasteiger partial charge in [0.05, 0.1) is 11.4 Å². The Morgan fingerprint density at radius 2 is 2.14 bits per heavy atom. The number of hydrogen-bond acceptors (Lipinski definition) is 2. The van der Waals surface area contributed by atoms with Gasteiger partial charge in [0.2, 0.25) is 0 Å². The molecule has 3 nitrogen and oxygen atoms in total. The number of fused-ring (bicyclic) bond motifs is 1. The Balaban J connectivity index is 1.78. The van der Waals surface area contributed by atoms with Crippen LogP contribution in [0, 0.1) is 13.8 Å². The summed E-state index contributed by atoms with van der Waals surface area (Å²) in [7, 11) is 0. The normalized spacial score (nSPS) is 17.8. The van der Waals surface area contributed by atoms with Gasteiger partial charge in [0.25, 0.3) is 0 Å². The Morgan fingerprint density at radius 3 is 2.90 bits per heavy atom. The lowest BCUT2D eigenvalue weighted by molar-refractivity contribution is 0.401. The first kappa shape index (κ1) is 14.9. The molecular weight excluding hydrogens is 305 g/mol. The first-order valence-corrected chi connectivity index (χ1v) is 8.03. The summed E-state index contributed by atoms with van der Waals surface area (Å²) in [6.45, 7) is 6.16. The number of benzene rings is 1. The molecule has 3 rings (SSSR count).